The third kappa shape index (κ3) is 3.76. The van der Waals surface area contributed by atoms with Gasteiger partial charge in [0.2, 0.25) is 10.0 Å². The molecule has 0 bridgehead atoms. The van der Waals surface area contributed by atoms with Crippen LogP contribution < -0.4 is 10.5 Å². The van der Waals surface area contributed by atoms with Crippen LogP contribution in [0, 0.1) is 6.92 Å². The molecule has 1 heterocycles. The Morgan fingerprint density at radius 2 is 2.11 bits per heavy atom. The summed E-state index contributed by atoms with van der Waals surface area (Å²) < 4.78 is 32.0. The summed E-state index contributed by atoms with van der Waals surface area (Å²) in [5.41, 5.74) is 4.98. The van der Waals surface area contributed by atoms with E-state index < -0.39 is 15.6 Å². The smallest absolute Gasteiger partial charge is 0.241 e. The molecule has 0 aliphatic heterocycles. The number of ether oxygens (including phenoxy) is 1. The van der Waals surface area contributed by atoms with E-state index >= 15 is 0 Å². The van der Waals surface area contributed by atoms with Gasteiger partial charge in [0.15, 0.2) is 0 Å². The van der Waals surface area contributed by atoms with Gasteiger partial charge in [-0.25, -0.2) is 13.1 Å². The molecule has 0 aromatic carbocycles. The molecule has 0 saturated heterocycles. The second kappa shape index (κ2) is 5.66. The molecule has 3 N–H and O–H groups in total. The molecule has 0 aliphatic carbocycles. The molecular formula is C11H20N2O3S2. The van der Waals surface area contributed by atoms with Crippen molar-refractivity contribution in [2.24, 2.45) is 5.73 Å². The lowest BCUT2D eigenvalue weighted by atomic mass is 10.1. The van der Waals surface area contributed by atoms with Crippen molar-refractivity contribution in [2.75, 3.05) is 13.7 Å². The van der Waals surface area contributed by atoms with Crippen LogP contribution in [-0.2, 0) is 21.3 Å². The normalized spacial score (nSPS) is 12.9. The quantitative estimate of drug-likeness (QED) is 0.826. The van der Waals surface area contributed by atoms with Gasteiger partial charge in [-0.05, 0) is 26.8 Å². The fraction of sp³-hybridized carbons (Fsp3) is 0.636. The Labute approximate surface area is 112 Å². The maximum Gasteiger partial charge on any atom is 0.241 e. The van der Waals surface area contributed by atoms with E-state index in [1.807, 2.05) is 13.8 Å². The van der Waals surface area contributed by atoms with E-state index in [2.05, 4.69) is 4.72 Å². The molecule has 1 rings (SSSR count). The summed E-state index contributed by atoms with van der Waals surface area (Å²) in [6.07, 6.45) is 0. The van der Waals surface area contributed by atoms with Gasteiger partial charge >= 0.3 is 0 Å². The molecule has 0 fully saturated rings. The fourth-order valence-electron chi connectivity index (χ4n) is 1.31. The van der Waals surface area contributed by atoms with E-state index in [0.717, 1.165) is 9.75 Å². The van der Waals surface area contributed by atoms with Crippen molar-refractivity contribution in [2.45, 2.75) is 37.8 Å². The Kier molecular flexibility index (Phi) is 4.90. The summed E-state index contributed by atoms with van der Waals surface area (Å²) in [4.78, 5) is 1.91. The van der Waals surface area contributed by atoms with E-state index in [4.69, 9.17) is 10.5 Å². The first-order chi connectivity index (χ1) is 8.22. The SMILES string of the molecule is COC(C)(C)CNS(=O)(=O)c1cc(CN)sc1C. The van der Waals surface area contributed by atoms with Crippen molar-refractivity contribution < 1.29 is 13.2 Å². The first kappa shape index (κ1) is 15.6. The zero-order valence-electron chi connectivity index (χ0n) is 11.1. The molecular weight excluding hydrogens is 272 g/mol. The minimum absolute atomic E-state index is 0.221. The highest BCUT2D eigenvalue weighted by Crippen LogP contribution is 2.25. The Morgan fingerprint density at radius 3 is 2.56 bits per heavy atom. The summed E-state index contributed by atoms with van der Waals surface area (Å²) >= 11 is 1.40. The maximum atomic E-state index is 12.1. The van der Waals surface area contributed by atoms with E-state index in [1.165, 1.54) is 11.3 Å². The van der Waals surface area contributed by atoms with Crippen LogP contribution in [0.4, 0.5) is 0 Å². The molecule has 0 aliphatic rings. The Morgan fingerprint density at radius 1 is 1.50 bits per heavy atom. The zero-order chi connectivity index (χ0) is 14.0. The third-order valence-electron chi connectivity index (χ3n) is 2.65. The first-order valence-electron chi connectivity index (χ1n) is 5.56. The highest BCUT2D eigenvalue weighted by molar-refractivity contribution is 7.89. The van der Waals surface area contributed by atoms with Gasteiger partial charge in [-0.15, -0.1) is 11.3 Å². The molecule has 0 atom stereocenters. The predicted octanol–water partition coefficient (Wildman–Crippen LogP) is 1.22. The monoisotopic (exact) mass is 292 g/mol. The van der Waals surface area contributed by atoms with Gasteiger partial charge in [-0.3, -0.25) is 0 Å². The molecule has 5 nitrogen and oxygen atoms in total. The highest BCUT2D eigenvalue weighted by Gasteiger charge is 2.24. The van der Waals surface area contributed by atoms with Gasteiger partial charge in [0, 0.05) is 30.0 Å². The number of rotatable bonds is 6. The molecule has 0 saturated carbocycles. The number of sulfonamides is 1. The number of nitrogens with one attached hydrogen (secondary N) is 1. The van der Waals surface area contributed by atoms with Crippen molar-refractivity contribution in [3.63, 3.8) is 0 Å². The summed E-state index contributed by atoms with van der Waals surface area (Å²) in [5, 5.41) is 0. The molecule has 104 valence electrons. The lowest BCUT2D eigenvalue weighted by molar-refractivity contribution is 0.0276. The van der Waals surface area contributed by atoms with Gasteiger partial charge in [-0.1, -0.05) is 0 Å². The minimum atomic E-state index is -3.50. The van der Waals surface area contributed by atoms with Gasteiger partial charge in [-0.2, -0.15) is 0 Å². The topological polar surface area (TPSA) is 81.4 Å². The average molecular weight is 292 g/mol. The van der Waals surface area contributed by atoms with Crippen molar-refractivity contribution >= 4 is 21.4 Å². The van der Waals surface area contributed by atoms with Crippen LogP contribution >= 0.6 is 11.3 Å². The second-order valence-electron chi connectivity index (χ2n) is 4.63. The maximum absolute atomic E-state index is 12.1. The fourth-order valence-corrected chi connectivity index (χ4v) is 4.02. The largest absolute Gasteiger partial charge is 0.377 e. The lowest BCUT2D eigenvalue weighted by Crippen LogP contribution is -2.39. The minimum Gasteiger partial charge on any atom is -0.377 e. The van der Waals surface area contributed by atoms with E-state index in [1.54, 1.807) is 20.1 Å². The molecule has 7 heteroatoms. The Hall–Kier alpha value is -0.470. The predicted molar refractivity (Wildman–Crippen MR) is 73.2 cm³/mol. The van der Waals surface area contributed by atoms with Crippen LogP contribution in [0.5, 0.6) is 0 Å². The van der Waals surface area contributed by atoms with Crippen molar-refractivity contribution in [1.29, 1.82) is 0 Å². The van der Waals surface area contributed by atoms with Crippen LogP contribution in [0.15, 0.2) is 11.0 Å². The number of hydrogen-bond acceptors (Lipinski definition) is 5. The van der Waals surface area contributed by atoms with Gasteiger partial charge < -0.3 is 10.5 Å². The van der Waals surface area contributed by atoms with E-state index in [-0.39, 0.29) is 6.54 Å². The summed E-state index contributed by atoms with van der Waals surface area (Å²) in [6, 6.07) is 1.63. The van der Waals surface area contributed by atoms with Crippen LogP contribution in [0.1, 0.15) is 23.6 Å². The molecule has 1 aromatic rings. The van der Waals surface area contributed by atoms with E-state index in [9.17, 15) is 8.42 Å². The van der Waals surface area contributed by atoms with Crippen molar-refractivity contribution in [3.8, 4) is 0 Å². The zero-order valence-corrected chi connectivity index (χ0v) is 12.7. The Balaban J connectivity index is 2.90. The van der Waals surface area contributed by atoms with E-state index in [0.29, 0.717) is 11.4 Å². The third-order valence-corrected chi connectivity index (χ3v) is 5.38. The van der Waals surface area contributed by atoms with Crippen LogP contribution in [0.3, 0.4) is 0 Å². The number of nitrogens with two attached hydrogens (primary N) is 1. The highest BCUT2D eigenvalue weighted by atomic mass is 32.2. The standard InChI is InChI=1S/C11H20N2O3S2/c1-8-10(5-9(6-12)17-8)18(14,15)13-7-11(2,3)16-4/h5,13H,6-7,12H2,1-4H3. The number of methoxy groups -OCH3 is 1. The number of aryl methyl sites for hydroxylation is 1. The van der Waals surface area contributed by atoms with Crippen molar-refractivity contribution in [3.05, 3.63) is 15.8 Å². The lowest BCUT2D eigenvalue weighted by Gasteiger charge is -2.22. The summed E-state index contributed by atoms with van der Waals surface area (Å²) in [6.45, 7) is 5.99. The molecule has 0 radical (unpaired) electrons. The molecule has 0 unspecified atom stereocenters. The molecule has 0 amide bonds. The van der Waals surface area contributed by atoms with Gasteiger partial charge in [0.1, 0.15) is 0 Å². The first-order valence-corrected chi connectivity index (χ1v) is 7.86. The molecule has 18 heavy (non-hydrogen) atoms. The second-order valence-corrected chi connectivity index (χ2v) is 7.70. The number of hydrogen-bond donors (Lipinski definition) is 2. The van der Waals surface area contributed by atoms with Gasteiger partial charge in [0.05, 0.1) is 10.5 Å². The molecule has 0 spiro atoms. The van der Waals surface area contributed by atoms with Crippen molar-refractivity contribution in [1.82, 2.24) is 4.72 Å². The van der Waals surface area contributed by atoms with Gasteiger partial charge in [0.25, 0.3) is 0 Å². The molecule has 1 aromatic heterocycles. The van der Waals surface area contributed by atoms with Crippen LogP contribution in [-0.4, -0.2) is 27.7 Å². The Bertz CT molecular complexity index is 506. The average Bonchev–Trinajstić information content (AvgIpc) is 2.69. The summed E-state index contributed by atoms with van der Waals surface area (Å²) in [7, 11) is -1.95. The summed E-state index contributed by atoms with van der Waals surface area (Å²) in [5.74, 6) is 0. The van der Waals surface area contributed by atoms with Crippen LogP contribution in [0.2, 0.25) is 0 Å². The number of thiophene rings is 1. The van der Waals surface area contributed by atoms with Crippen LogP contribution in [0.25, 0.3) is 0 Å².